The summed E-state index contributed by atoms with van der Waals surface area (Å²) in [6, 6.07) is 0. The molecular formula is C15H28BrN3. The topological polar surface area (TPSA) is 29.9 Å². The molecule has 0 aliphatic rings. The van der Waals surface area contributed by atoms with E-state index in [1.165, 1.54) is 23.0 Å². The maximum absolute atomic E-state index is 4.58. The highest BCUT2D eigenvalue weighted by atomic mass is 79.9. The maximum Gasteiger partial charge on any atom is 0.0738 e. The zero-order valence-electron chi connectivity index (χ0n) is 13.0. The Kier molecular flexibility index (Phi) is 6.54. The van der Waals surface area contributed by atoms with Crippen molar-refractivity contribution in [2.45, 2.75) is 60.4 Å². The van der Waals surface area contributed by atoms with E-state index in [4.69, 9.17) is 0 Å². The molecule has 0 saturated heterocycles. The summed E-state index contributed by atoms with van der Waals surface area (Å²) in [5.41, 5.74) is 2.72. The second kappa shape index (κ2) is 7.44. The van der Waals surface area contributed by atoms with Crippen LogP contribution in [0.4, 0.5) is 0 Å². The van der Waals surface area contributed by atoms with Crippen LogP contribution in [-0.4, -0.2) is 22.9 Å². The summed E-state index contributed by atoms with van der Waals surface area (Å²) < 4.78 is 3.31. The van der Waals surface area contributed by atoms with E-state index in [-0.39, 0.29) is 0 Å². The van der Waals surface area contributed by atoms with Gasteiger partial charge in [-0.2, -0.15) is 5.10 Å². The zero-order valence-corrected chi connectivity index (χ0v) is 14.6. The van der Waals surface area contributed by atoms with Crippen molar-refractivity contribution in [2.75, 3.05) is 13.1 Å². The second-order valence-electron chi connectivity index (χ2n) is 6.00. The highest BCUT2D eigenvalue weighted by Gasteiger charge is 2.23. The van der Waals surface area contributed by atoms with Gasteiger partial charge in [0.2, 0.25) is 0 Å². The molecule has 0 amide bonds. The van der Waals surface area contributed by atoms with Crippen LogP contribution in [0.3, 0.4) is 0 Å². The standard InChI is InChI=1S/C15H28BrN3/c1-6-9-17-10-8-15(4,5)11-13-14(16)12(3)18-19(13)7-2/h17H,6-11H2,1-5H3. The Bertz CT molecular complexity index is 396. The molecule has 0 aliphatic heterocycles. The smallest absolute Gasteiger partial charge is 0.0738 e. The molecule has 0 aliphatic carbocycles. The SMILES string of the molecule is CCCNCCC(C)(C)Cc1c(Br)c(C)nn1CC. The molecule has 0 fully saturated rings. The molecule has 0 unspecified atom stereocenters. The molecule has 1 heterocycles. The van der Waals surface area contributed by atoms with Crippen LogP contribution in [0.25, 0.3) is 0 Å². The number of hydrogen-bond acceptors (Lipinski definition) is 2. The molecule has 0 spiro atoms. The van der Waals surface area contributed by atoms with E-state index >= 15 is 0 Å². The summed E-state index contributed by atoms with van der Waals surface area (Å²) in [4.78, 5) is 0. The van der Waals surface area contributed by atoms with E-state index in [1.54, 1.807) is 0 Å². The lowest BCUT2D eigenvalue weighted by atomic mass is 9.84. The summed E-state index contributed by atoms with van der Waals surface area (Å²) in [5.74, 6) is 0. The van der Waals surface area contributed by atoms with Gasteiger partial charge in [-0.15, -0.1) is 0 Å². The molecule has 1 rings (SSSR count). The fourth-order valence-electron chi connectivity index (χ4n) is 2.31. The van der Waals surface area contributed by atoms with Crippen molar-refractivity contribution in [3.63, 3.8) is 0 Å². The lowest BCUT2D eigenvalue weighted by Crippen LogP contribution is -2.25. The van der Waals surface area contributed by atoms with Gasteiger partial charge >= 0.3 is 0 Å². The van der Waals surface area contributed by atoms with Gasteiger partial charge in [-0.1, -0.05) is 20.8 Å². The Labute approximate surface area is 126 Å². The monoisotopic (exact) mass is 329 g/mol. The Morgan fingerprint density at radius 1 is 1.26 bits per heavy atom. The predicted octanol–water partition coefficient (Wildman–Crippen LogP) is 3.93. The van der Waals surface area contributed by atoms with Gasteiger partial charge in [0.1, 0.15) is 0 Å². The minimum Gasteiger partial charge on any atom is -0.317 e. The number of halogens is 1. The predicted molar refractivity (Wildman–Crippen MR) is 85.6 cm³/mol. The minimum atomic E-state index is 0.294. The van der Waals surface area contributed by atoms with Crippen LogP contribution < -0.4 is 5.32 Å². The summed E-state index contributed by atoms with van der Waals surface area (Å²) in [6.07, 6.45) is 3.46. The number of nitrogens with one attached hydrogen (secondary N) is 1. The number of aryl methyl sites for hydroxylation is 2. The van der Waals surface area contributed by atoms with E-state index in [2.05, 4.69) is 65.6 Å². The Balaban J connectivity index is 2.66. The van der Waals surface area contributed by atoms with Gasteiger partial charge in [0, 0.05) is 6.54 Å². The first kappa shape index (κ1) is 16.7. The zero-order chi connectivity index (χ0) is 14.5. The number of rotatable bonds is 8. The van der Waals surface area contributed by atoms with E-state index in [9.17, 15) is 0 Å². The van der Waals surface area contributed by atoms with Gasteiger partial charge in [0.25, 0.3) is 0 Å². The molecule has 0 saturated carbocycles. The van der Waals surface area contributed by atoms with Crippen LogP contribution in [0, 0.1) is 12.3 Å². The van der Waals surface area contributed by atoms with Crippen LogP contribution in [0.15, 0.2) is 4.47 Å². The van der Waals surface area contributed by atoms with Gasteiger partial charge < -0.3 is 5.32 Å². The average Bonchev–Trinajstić information content (AvgIpc) is 2.62. The highest BCUT2D eigenvalue weighted by molar-refractivity contribution is 9.10. The molecule has 0 aromatic carbocycles. The van der Waals surface area contributed by atoms with Crippen molar-refractivity contribution in [3.05, 3.63) is 15.9 Å². The summed E-state index contributed by atoms with van der Waals surface area (Å²) >= 11 is 3.69. The van der Waals surface area contributed by atoms with Crippen LogP contribution in [-0.2, 0) is 13.0 Å². The third-order valence-electron chi connectivity index (χ3n) is 3.50. The first-order chi connectivity index (χ1) is 8.91. The van der Waals surface area contributed by atoms with Crippen molar-refractivity contribution in [3.8, 4) is 0 Å². The van der Waals surface area contributed by atoms with Crippen molar-refractivity contribution >= 4 is 15.9 Å². The van der Waals surface area contributed by atoms with E-state index in [0.717, 1.165) is 31.7 Å². The fraction of sp³-hybridized carbons (Fsp3) is 0.800. The molecule has 1 aromatic heterocycles. The first-order valence-corrected chi connectivity index (χ1v) is 8.13. The number of hydrogen-bond donors (Lipinski definition) is 1. The lowest BCUT2D eigenvalue weighted by Gasteiger charge is -2.25. The molecule has 0 atom stereocenters. The van der Waals surface area contributed by atoms with Gasteiger partial charge in [0.05, 0.1) is 15.9 Å². The van der Waals surface area contributed by atoms with Gasteiger partial charge in [-0.05, 0) is 67.5 Å². The van der Waals surface area contributed by atoms with Crippen molar-refractivity contribution in [2.24, 2.45) is 5.41 Å². The first-order valence-electron chi connectivity index (χ1n) is 7.33. The van der Waals surface area contributed by atoms with Crippen molar-refractivity contribution in [1.29, 1.82) is 0 Å². The third-order valence-corrected chi connectivity index (χ3v) is 4.54. The van der Waals surface area contributed by atoms with E-state index in [0.29, 0.717) is 5.41 Å². The molecule has 19 heavy (non-hydrogen) atoms. The van der Waals surface area contributed by atoms with E-state index in [1.807, 2.05) is 0 Å². The molecule has 1 aromatic rings. The summed E-state index contributed by atoms with van der Waals surface area (Å²) in [7, 11) is 0. The van der Waals surface area contributed by atoms with E-state index < -0.39 is 0 Å². The maximum atomic E-state index is 4.58. The van der Waals surface area contributed by atoms with Crippen molar-refractivity contribution in [1.82, 2.24) is 15.1 Å². The number of aromatic nitrogens is 2. The quantitative estimate of drug-likeness (QED) is 0.732. The molecule has 110 valence electrons. The normalized spacial score (nSPS) is 12.1. The Hall–Kier alpha value is -0.350. The molecule has 0 bridgehead atoms. The third kappa shape index (κ3) is 4.92. The Morgan fingerprint density at radius 3 is 2.53 bits per heavy atom. The van der Waals surface area contributed by atoms with Gasteiger partial charge in [-0.3, -0.25) is 4.68 Å². The minimum absolute atomic E-state index is 0.294. The highest BCUT2D eigenvalue weighted by Crippen LogP contribution is 2.30. The molecule has 1 N–H and O–H groups in total. The van der Waals surface area contributed by atoms with Crippen LogP contribution in [0.5, 0.6) is 0 Å². The summed E-state index contributed by atoms with van der Waals surface area (Å²) in [5, 5.41) is 8.07. The van der Waals surface area contributed by atoms with Crippen LogP contribution >= 0.6 is 15.9 Å². The number of nitrogens with zero attached hydrogens (tertiary/aromatic N) is 2. The van der Waals surface area contributed by atoms with Crippen molar-refractivity contribution < 1.29 is 0 Å². The summed E-state index contributed by atoms with van der Waals surface area (Å²) in [6.45, 7) is 14.3. The van der Waals surface area contributed by atoms with Gasteiger partial charge in [0.15, 0.2) is 0 Å². The molecule has 3 nitrogen and oxygen atoms in total. The molecular weight excluding hydrogens is 302 g/mol. The second-order valence-corrected chi connectivity index (χ2v) is 6.80. The van der Waals surface area contributed by atoms with Crippen LogP contribution in [0.1, 0.15) is 51.9 Å². The lowest BCUT2D eigenvalue weighted by molar-refractivity contribution is 0.315. The van der Waals surface area contributed by atoms with Crippen LogP contribution in [0.2, 0.25) is 0 Å². The molecule has 0 radical (unpaired) electrons. The average molecular weight is 330 g/mol. The fourth-order valence-corrected chi connectivity index (χ4v) is 2.73. The van der Waals surface area contributed by atoms with Gasteiger partial charge in [-0.25, -0.2) is 0 Å². The molecule has 4 heteroatoms. The largest absolute Gasteiger partial charge is 0.317 e. The Morgan fingerprint density at radius 2 is 1.95 bits per heavy atom.